The maximum atomic E-state index is 12.6. The van der Waals surface area contributed by atoms with Gasteiger partial charge < -0.3 is 5.32 Å². The van der Waals surface area contributed by atoms with Crippen molar-refractivity contribution < 1.29 is 17.6 Å². The van der Waals surface area contributed by atoms with Gasteiger partial charge in [0.15, 0.2) is 10.8 Å². The lowest BCUT2D eigenvalue weighted by atomic mass is 10.3. The van der Waals surface area contributed by atoms with E-state index in [1.807, 2.05) is 0 Å². The van der Waals surface area contributed by atoms with E-state index < -0.39 is 17.7 Å². The first-order valence-electron chi connectivity index (χ1n) is 4.50. The average molecular weight is 262 g/mol. The molecule has 0 amide bonds. The van der Waals surface area contributed by atoms with Gasteiger partial charge in [-0.15, -0.1) is 11.3 Å². The van der Waals surface area contributed by atoms with Gasteiger partial charge in [0.05, 0.1) is 0 Å². The number of nitrogens with one attached hydrogen (secondary N) is 1. The smallest absolute Gasteiger partial charge is 0.332 e. The van der Waals surface area contributed by atoms with E-state index in [1.165, 1.54) is 24.3 Å². The highest BCUT2D eigenvalue weighted by atomic mass is 32.1. The van der Waals surface area contributed by atoms with E-state index in [9.17, 15) is 17.6 Å². The maximum Gasteiger partial charge on any atom is 0.434 e. The zero-order valence-electron chi connectivity index (χ0n) is 8.25. The van der Waals surface area contributed by atoms with Crippen molar-refractivity contribution in [2.45, 2.75) is 6.18 Å². The van der Waals surface area contributed by atoms with Gasteiger partial charge in [0.1, 0.15) is 5.82 Å². The minimum absolute atomic E-state index is 0.115. The minimum Gasteiger partial charge on any atom is -0.332 e. The van der Waals surface area contributed by atoms with Crippen LogP contribution in [0.3, 0.4) is 0 Å². The zero-order valence-corrected chi connectivity index (χ0v) is 9.07. The first-order valence-corrected chi connectivity index (χ1v) is 5.38. The monoisotopic (exact) mass is 262 g/mol. The summed E-state index contributed by atoms with van der Waals surface area (Å²) in [5.74, 6) is -0.411. The Bertz CT molecular complexity index is 504. The Morgan fingerprint density at radius 2 is 1.76 bits per heavy atom. The van der Waals surface area contributed by atoms with Crippen LogP contribution in [0.5, 0.6) is 0 Å². The van der Waals surface area contributed by atoms with Gasteiger partial charge >= 0.3 is 6.18 Å². The largest absolute Gasteiger partial charge is 0.434 e. The van der Waals surface area contributed by atoms with Crippen LogP contribution in [0.1, 0.15) is 5.69 Å². The lowest BCUT2D eigenvalue weighted by Crippen LogP contribution is -2.05. The summed E-state index contributed by atoms with van der Waals surface area (Å²) in [4.78, 5) is 3.39. The number of hydrogen-bond donors (Lipinski definition) is 1. The van der Waals surface area contributed by atoms with Crippen molar-refractivity contribution in [1.82, 2.24) is 4.98 Å². The van der Waals surface area contributed by atoms with Crippen LogP contribution in [0.15, 0.2) is 29.6 Å². The van der Waals surface area contributed by atoms with E-state index in [0.29, 0.717) is 5.69 Å². The molecule has 0 bridgehead atoms. The molecule has 0 fully saturated rings. The normalized spacial score (nSPS) is 11.5. The molecule has 7 heteroatoms. The third kappa shape index (κ3) is 2.94. The molecule has 2 nitrogen and oxygen atoms in total. The molecule has 0 aliphatic heterocycles. The molecule has 1 aromatic heterocycles. The number of halogens is 4. The Labute approximate surface area is 97.9 Å². The number of anilines is 2. The summed E-state index contributed by atoms with van der Waals surface area (Å²) in [6, 6.07) is 5.26. The Morgan fingerprint density at radius 1 is 1.12 bits per heavy atom. The number of aromatic nitrogens is 1. The van der Waals surface area contributed by atoms with Crippen molar-refractivity contribution in [3.05, 3.63) is 41.2 Å². The molecule has 0 saturated carbocycles. The lowest BCUT2D eigenvalue weighted by molar-refractivity contribution is -0.140. The van der Waals surface area contributed by atoms with Crippen LogP contribution < -0.4 is 5.32 Å². The number of rotatable bonds is 2. The van der Waals surface area contributed by atoms with Gasteiger partial charge in [-0.25, -0.2) is 9.37 Å². The summed E-state index contributed by atoms with van der Waals surface area (Å²) in [7, 11) is 0. The average Bonchev–Trinajstić information content (AvgIpc) is 2.69. The van der Waals surface area contributed by atoms with E-state index in [2.05, 4.69) is 10.3 Å². The summed E-state index contributed by atoms with van der Waals surface area (Å²) in [6.45, 7) is 0. The molecule has 1 aromatic carbocycles. The van der Waals surface area contributed by atoms with Crippen LogP contribution in [0, 0.1) is 5.82 Å². The molecule has 1 N–H and O–H groups in total. The van der Waals surface area contributed by atoms with Crippen molar-refractivity contribution >= 4 is 22.2 Å². The SMILES string of the molecule is Fc1ccc(Nc2nc(C(F)(F)F)cs2)cc1. The Morgan fingerprint density at radius 3 is 2.29 bits per heavy atom. The molecule has 0 aliphatic rings. The van der Waals surface area contributed by atoms with Gasteiger partial charge in [0.2, 0.25) is 0 Å². The Kier molecular flexibility index (Phi) is 3.01. The second-order valence-electron chi connectivity index (χ2n) is 3.17. The highest BCUT2D eigenvalue weighted by Gasteiger charge is 2.33. The number of nitrogens with zero attached hydrogens (tertiary/aromatic N) is 1. The molecule has 0 spiro atoms. The fraction of sp³-hybridized carbons (Fsp3) is 0.100. The third-order valence-electron chi connectivity index (χ3n) is 1.89. The van der Waals surface area contributed by atoms with Gasteiger partial charge in [-0.2, -0.15) is 13.2 Å². The second kappa shape index (κ2) is 4.33. The van der Waals surface area contributed by atoms with Gasteiger partial charge in [-0.3, -0.25) is 0 Å². The van der Waals surface area contributed by atoms with Crippen LogP contribution in [-0.2, 0) is 6.18 Å². The number of alkyl halides is 3. The molecular weight excluding hydrogens is 256 g/mol. The standard InChI is InChI=1S/C10H6F4N2S/c11-6-1-3-7(4-2-6)15-9-16-8(5-17-9)10(12,13)14/h1-5H,(H,15,16). The Hall–Kier alpha value is -1.63. The summed E-state index contributed by atoms with van der Waals surface area (Å²) < 4.78 is 49.4. The van der Waals surface area contributed by atoms with Gasteiger partial charge in [0, 0.05) is 11.1 Å². The first kappa shape index (κ1) is 11.8. The molecule has 90 valence electrons. The molecule has 0 aliphatic carbocycles. The highest BCUT2D eigenvalue weighted by Crippen LogP contribution is 2.32. The predicted molar refractivity (Wildman–Crippen MR) is 56.8 cm³/mol. The van der Waals surface area contributed by atoms with Crippen molar-refractivity contribution in [3.8, 4) is 0 Å². The van der Waals surface area contributed by atoms with E-state index in [1.54, 1.807) is 0 Å². The summed E-state index contributed by atoms with van der Waals surface area (Å²) in [6.07, 6.45) is -4.45. The minimum atomic E-state index is -4.45. The molecular formula is C10H6F4N2S. The summed E-state index contributed by atoms with van der Waals surface area (Å²) in [5, 5.41) is 3.70. The van der Waals surface area contributed by atoms with E-state index in [4.69, 9.17) is 0 Å². The van der Waals surface area contributed by atoms with Crippen molar-refractivity contribution in [2.24, 2.45) is 0 Å². The van der Waals surface area contributed by atoms with Crippen LogP contribution in [0.2, 0.25) is 0 Å². The number of benzene rings is 1. The summed E-state index contributed by atoms with van der Waals surface area (Å²) >= 11 is 0.839. The molecule has 0 radical (unpaired) electrons. The highest BCUT2D eigenvalue weighted by molar-refractivity contribution is 7.13. The van der Waals surface area contributed by atoms with Gasteiger partial charge in [0.25, 0.3) is 0 Å². The van der Waals surface area contributed by atoms with Crippen LogP contribution in [0.4, 0.5) is 28.4 Å². The molecule has 0 atom stereocenters. The van der Waals surface area contributed by atoms with Crippen LogP contribution in [0.25, 0.3) is 0 Å². The maximum absolute atomic E-state index is 12.6. The van der Waals surface area contributed by atoms with Crippen LogP contribution in [-0.4, -0.2) is 4.98 Å². The molecule has 1 heterocycles. The molecule has 17 heavy (non-hydrogen) atoms. The third-order valence-corrected chi connectivity index (χ3v) is 2.65. The molecule has 0 saturated heterocycles. The van der Waals surface area contributed by atoms with Gasteiger partial charge in [-0.05, 0) is 24.3 Å². The van der Waals surface area contributed by atoms with Crippen LogP contribution >= 0.6 is 11.3 Å². The lowest BCUT2D eigenvalue weighted by Gasteiger charge is -2.02. The topological polar surface area (TPSA) is 24.9 Å². The summed E-state index contributed by atoms with van der Waals surface area (Å²) in [5.41, 5.74) is -0.457. The fourth-order valence-corrected chi connectivity index (χ4v) is 1.86. The number of hydrogen-bond acceptors (Lipinski definition) is 3. The fourth-order valence-electron chi connectivity index (χ4n) is 1.12. The molecule has 2 aromatic rings. The van der Waals surface area contributed by atoms with E-state index >= 15 is 0 Å². The number of thiazole rings is 1. The quantitative estimate of drug-likeness (QED) is 0.826. The zero-order chi connectivity index (χ0) is 12.5. The second-order valence-corrected chi connectivity index (χ2v) is 4.03. The first-order chi connectivity index (χ1) is 7.95. The van der Waals surface area contributed by atoms with E-state index in [-0.39, 0.29) is 5.13 Å². The van der Waals surface area contributed by atoms with Crippen molar-refractivity contribution in [2.75, 3.05) is 5.32 Å². The van der Waals surface area contributed by atoms with Gasteiger partial charge in [-0.1, -0.05) is 0 Å². The van der Waals surface area contributed by atoms with E-state index in [0.717, 1.165) is 16.7 Å². The molecule has 2 rings (SSSR count). The van der Waals surface area contributed by atoms with Crippen molar-refractivity contribution in [1.29, 1.82) is 0 Å². The predicted octanol–water partition coefficient (Wildman–Crippen LogP) is 4.04. The van der Waals surface area contributed by atoms with Crippen molar-refractivity contribution in [3.63, 3.8) is 0 Å². The molecule has 0 unspecified atom stereocenters. The Balaban J connectivity index is 2.14.